The zero-order chi connectivity index (χ0) is 22.4. The summed E-state index contributed by atoms with van der Waals surface area (Å²) in [6, 6.07) is 4.20. The summed E-state index contributed by atoms with van der Waals surface area (Å²) in [5, 5.41) is 12.3. The van der Waals surface area contributed by atoms with Crippen LogP contribution in [0.15, 0.2) is 35.5 Å². The number of amides is 5. The second-order valence-electron chi connectivity index (χ2n) is 7.50. The van der Waals surface area contributed by atoms with E-state index in [0.717, 1.165) is 4.90 Å². The van der Waals surface area contributed by atoms with Crippen LogP contribution in [-0.4, -0.2) is 70.0 Å². The van der Waals surface area contributed by atoms with Gasteiger partial charge in [0.1, 0.15) is 18.3 Å². The number of carboxylic acids is 1. The van der Waals surface area contributed by atoms with Gasteiger partial charge in [-0.2, -0.15) is 0 Å². The van der Waals surface area contributed by atoms with Crippen LogP contribution in [0.3, 0.4) is 0 Å². The van der Waals surface area contributed by atoms with Crippen molar-refractivity contribution in [1.82, 2.24) is 9.80 Å². The van der Waals surface area contributed by atoms with Gasteiger partial charge in [0.25, 0.3) is 5.91 Å². The lowest BCUT2D eigenvalue weighted by atomic mass is 9.79. The first kappa shape index (κ1) is 20.2. The summed E-state index contributed by atoms with van der Waals surface area (Å²) >= 11 is 0. The molecule has 0 bridgehead atoms. The van der Waals surface area contributed by atoms with Crippen LogP contribution in [0, 0.1) is 5.92 Å². The Hall–Kier alpha value is -4.09. The molecule has 0 saturated carbocycles. The summed E-state index contributed by atoms with van der Waals surface area (Å²) in [7, 11) is 0. The summed E-state index contributed by atoms with van der Waals surface area (Å²) in [5.74, 6) is -2.63. The molecule has 2 saturated heterocycles. The van der Waals surface area contributed by atoms with E-state index >= 15 is 0 Å². The molecule has 0 aromatic heterocycles. The van der Waals surface area contributed by atoms with E-state index in [-0.39, 0.29) is 42.3 Å². The van der Waals surface area contributed by atoms with Crippen molar-refractivity contribution in [1.29, 1.82) is 0 Å². The zero-order valence-corrected chi connectivity index (χ0v) is 16.1. The molecule has 6 N–H and O–H groups in total. The second kappa shape index (κ2) is 7.31. The van der Waals surface area contributed by atoms with Gasteiger partial charge in [-0.1, -0.05) is 0 Å². The number of β-lactam (4-membered cyclic amide) rings is 1. The van der Waals surface area contributed by atoms with Crippen LogP contribution in [-0.2, 0) is 14.3 Å². The molecule has 0 spiro atoms. The van der Waals surface area contributed by atoms with Gasteiger partial charge in [0, 0.05) is 23.7 Å². The number of ether oxygens (including phenoxy) is 1. The van der Waals surface area contributed by atoms with Crippen molar-refractivity contribution in [2.45, 2.75) is 18.5 Å². The Morgan fingerprint density at radius 3 is 2.42 bits per heavy atom. The van der Waals surface area contributed by atoms with Crippen LogP contribution in [0.1, 0.15) is 16.8 Å². The molecule has 162 valence electrons. The Labute approximate surface area is 175 Å². The molecule has 5 amide bonds. The van der Waals surface area contributed by atoms with E-state index < -0.39 is 42.0 Å². The van der Waals surface area contributed by atoms with E-state index in [4.69, 9.17) is 16.2 Å². The topological polar surface area (TPSA) is 185 Å². The molecule has 0 aliphatic carbocycles. The predicted octanol–water partition coefficient (Wildman–Crippen LogP) is -0.334. The number of benzene rings is 1. The number of carbonyl (C=O) groups excluding carboxylic acids is 4. The molecule has 3 aliphatic rings. The molecular weight excluding hydrogens is 410 g/mol. The highest BCUT2D eigenvalue weighted by Gasteiger charge is 2.64. The third-order valence-corrected chi connectivity index (χ3v) is 5.72. The standard InChI is InChI=1S/C19H19N5O7/c20-15(25)8-1-3-11(4-2-8)22-19(30)23-6-9-5-10(7-31-18(21)29)13(17(27)28)24-12(9)14(23)16(24)26/h1-4,9,12,14H,5-7H2,(H2,20,25)(H2,21,29)(H,22,30)(H,27,28)/t9-,12-,14+/m1/s1. The van der Waals surface area contributed by atoms with E-state index in [1.165, 1.54) is 29.2 Å². The van der Waals surface area contributed by atoms with Gasteiger partial charge in [-0.05, 0) is 36.3 Å². The number of nitrogens with one attached hydrogen (secondary N) is 1. The minimum Gasteiger partial charge on any atom is -0.477 e. The third kappa shape index (κ3) is 3.31. The number of carboxylic acid groups (broad SMARTS) is 1. The maximum absolute atomic E-state index is 12.8. The molecule has 12 heteroatoms. The normalized spacial score (nSPS) is 23.7. The molecule has 4 rings (SSSR count). The van der Waals surface area contributed by atoms with Gasteiger partial charge in [0.05, 0.1) is 6.04 Å². The number of nitrogens with two attached hydrogens (primary N) is 2. The number of nitrogens with zero attached hydrogens (tertiary/aromatic N) is 2. The lowest BCUT2D eigenvalue weighted by molar-refractivity contribution is -0.155. The van der Waals surface area contributed by atoms with Gasteiger partial charge in [0.2, 0.25) is 5.91 Å². The molecule has 12 nitrogen and oxygen atoms in total. The zero-order valence-electron chi connectivity index (χ0n) is 16.1. The van der Waals surface area contributed by atoms with Crippen LogP contribution in [0.2, 0.25) is 0 Å². The first-order valence-electron chi connectivity index (χ1n) is 9.37. The van der Waals surface area contributed by atoms with E-state index in [1.807, 2.05) is 0 Å². The monoisotopic (exact) mass is 429 g/mol. The quantitative estimate of drug-likeness (QED) is 0.461. The number of urea groups is 1. The Bertz CT molecular complexity index is 1030. The van der Waals surface area contributed by atoms with E-state index in [2.05, 4.69) is 5.32 Å². The highest BCUT2D eigenvalue weighted by Crippen LogP contribution is 2.47. The fourth-order valence-electron chi connectivity index (χ4n) is 4.45. The number of carbonyl (C=O) groups is 5. The highest BCUT2D eigenvalue weighted by molar-refractivity contribution is 6.04. The van der Waals surface area contributed by atoms with Crippen molar-refractivity contribution in [2.24, 2.45) is 17.4 Å². The molecule has 3 heterocycles. The molecule has 3 atom stereocenters. The fraction of sp³-hybridized carbons (Fsp3) is 0.316. The fourth-order valence-corrected chi connectivity index (χ4v) is 4.45. The van der Waals surface area contributed by atoms with Crippen LogP contribution >= 0.6 is 0 Å². The summed E-state index contributed by atoms with van der Waals surface area (Å²) in [4.78, 5) is 62.0. The van der Waals surface area contributed by atoms with Crippen LogP contribution < -0.4 is 16.8 Å². The van der Waals surface area contributed by atoms with Crippen LogP contribution in [0.4, 0.5) is 15.3 Å². The van der Waals surface area contributed by atoms with Gasteiger partial charge in [-0.25, -0.2) is 14.4 Å². The Morgan fingerprint density at radius 2 is 1.84 bits per heavy atom. The Balaban J connectivity index is 1.52. The number of anilines is 1. The van der Waals surface area contributed by atoms with Gasteiger partial charge in [-0.15, -0.1) is 0 Å². The first-order chi connectivity index (χ1) is 14.7. The number of hydrogen-bond acceptors (Lipinski definition) is 6. The predicted molar refractivity (Wildman–Crippen MR) is 103 cm³/mol. The highest BCUT2D eigenvalue weighted by atomic mass is 16.5. The Morgan fingerprint density at radius 1 is 1.16 bits per heavy atom. The number of primary amides is 2. The van der Waals surface area contributed by atoms with Crippen molar-refractivity contribution in [3.8, 4) is 0 Å². The Kier molecular flexibility index (Phi) is 4.76. The molecule has 1 aromatic rings. The molecule has 0 unspecified atom stereocenters. The average molecular weight is 429 g/mol. The summed E-state index contributed by atoms with van der Waals surface area (Å²) in [5.41, 5.74) is 10.9. The van der Waals surface area contributed by atoms with Gasteiger partial charge in [-0.3, -0.25) is 14.5 Å². The SMILES string of the molecule is NC(=O)OCC1=C(C(=O)O)N2C(=O)[C@@H]3[C@H]2[C@H](C1)CN3C(=O)Nc1ccc(C(N)=O)cc1. The summed E-state index contributed by atoms with van der Waals surface area (Å²) in [6.45, 7) is -0.122. The molecular formula is C19H19N5O7. The van der Waals surface area contributed by atoms with Gasteiger partial charge in [0.15, 0.2) is 0 Å². The van der Waals surface area contributed by atoms with Crippen molar-refractivity contribution >= 4 is 35.6 Å². The smallest absolute Gasteiger partial charge is 0.404 e. The summed E-state index contributed by atoms with van der Waals surface area (Å²) < 4.78 is 4.74. The first-order valence-corrected chi connectivity index (χ1v) is 9.37. The maximum atomic E-state index is 12.8. The van der Waals surface area contributed by atoms with Crippen molar-refractivity contribution in [3.05, 3.63) is 41.1 Å². The molecule has 2 fully saturated rings. The van der Waals surface area contributed by atoms with Crippen LogP contribution in [0.25, 0.3) is 0 Å². The van der Waals surface area contributed by atoms with E-state index in [0.29, 0.717) is 5.69 Å². The van der Waals surface area contributed by atoms with E-state index in [9.17, 15) is 29.1 Å². The van der Waals surface area contributed by atoms with Gasteiger partial charge >= 0.3 is 18.1 Å². The largest absolute Gasteiger partial charge is 0.477 e. The minimum atomic E-state index is -1.31. The number of aliphatic carboxylic acids is 1. The van der Waals surface area contributed by atoms with Crippen LogP contribution in [0.5, 0.6) is 0 Å². The third-order valence-electron chi connectivity index (χ3n) is 5.72. The molecule has 3 aliphatic heterocycles. The number of rotatable bonds is 5. The van der Waals surface area contributed by atoms with Crippen molar-refractivity contribution in [2.75, 3.05) is 18.5 Å². The average Bonchev–Trinajstić information content (AvgIpc) is 3.08. The lowest BCUT2D eigenvalue weighted by Crippen LogP contribution is -2.69. The van der Waals surface area contributed by atoms with Gasteiger partial charge < -0.3 is 31.5 Å². The molecule has 0 radical (unpaired) electrons. The second-order valence-corrected chi connectivity index (χ2v) is 7.50. The van der Waals surface area contributed by atoms with E-state index in [1.54, 1.807) is 0 Å². The summed E-state index contributed by atoms with van der Waals surface area (Å²) in [6.07, 6.45) is -0.807. The van der Waals surface area contributed by atoms with Crippen molar-refractivity contribution < 1.29 is 33.8 Å². The number of hydrogen-bond donors (Lipinski definition) is 4. The molecule has 31 heavy (non-hydrogen) atoms. The maximum Gasteiger partial charge on any atom is 0.404 e. The lowest BCUT2D eigenvalue weighted by Gasteiger charge is -2.49. The minimum absolute atomic E-state index is 0.208. The molecule has 1 aromatic carbocycles. The number of likely N-dealkylation sites (tertiary alicyclic amines) is 1. The van der Waals surface area contributed by atoms with Crippen molar-refractivity contribution in [3.63, 3.8) is 0 Å².